The van der Waals surface area contributed by atoms with Crippen LogP contribution < -0.4 is 5.32 Å². The molecule has 0 radical (unpaired) electrons. The van der Waals surface area contributed by atoms with Crippen LogP contribution in [0.1, 0.15) is 52.9 Å². The molecular weight excluding hydrogens is 196 g/mol. The van der Waals surface area contributed by atoms with Gasteiger partial charge >= 0.3 is 0 Å². The zero-order valence-electron chi connectivity index (χ0n) is 11.6. The fourth-order valence-corrected chi connectivity index (χ4v) is 2.71. The molecule has 0 spiro atoms. The summed E-state index contributed by atoms with van der Waals surface area (Å²) in [5, 5.41) is 3.53. The third-order valence-electron chi connectivity index (χ3n) is 4.04. The van der Waals surface area contributed by atoms with Crippen LogP contribution in [0.2, 0.25) is 0 Å². The normalized spacial score (nSPS) is 26.6. The molecule has 0 amide bonds. The van der Waals surface area contributed by atoms with Crippen LogP contribution in [0.4, 0.5) is 0 Å². The molecule has 16 heavy (non-hydrogen) atoms. The first kappa shape index (κ1) is 14.0. The molecule has 0 aromatic rings. The molecule has 0 atom stereocenters. The Labute approximate surface area is 102 Å². The lowest BCUT2D eigenvalue weighted by molar-refractivity contribution is 0.167. The van der Waals surface area contributed by atoms with E-state index in [0.29, 0.717) is 6.04 Å². The van der Waals surface area contributed by atoms with Crippen molar-refractivity contribution in [1.29, 1.82) is 0 Å². The minimum Gasteiger partial charge on any atom is -0.315 e. The lowest BCUT2D eigenvalue weighted by Gasteiger charge is -2.34. The van der Waals surface area contributed by atoms with Crippen LogP contribution in [0.3, 0.4) is 0 Å². The topological polar surface area (TPSA) is 15.3 Å². The first-order valence-corrected chi connectivity index (χ1v) is 7.07. The summed E-state index contributed by atoms with van der Waals surface area (Å²) in [6, 6.07) is 1.50. The number of hydrogen-bond acceptors (Lipinski definition) is 2. The molecule has 1 N–H and O–H groups in total. The van der Waals surface area contributed by atoms with Crippen molar-refractivity contribution in [2.75, 3.05) is 20.1 Å². The highest BCUT2D eigenvalue weighted by atomic mass is 15.1. The first-order valence-electron chi connectivity index (χ1n) is 7.07. The van der Waals surface area contributed by atoms with E-state index in [1.165, 1.54) is 45.2 Å². The van der Waals surface area contributed by atoms with Gasteiger partial charge in [-0.3, -0.25) is 0 Å². The molecule has 0 aromatic heterocycles. The van der Waals surface area contributed by atoms with E-state index in [0.717, 1.165) is 12.0 Å². The molecule has 2 heteroatoms. The first-order chi connectivity index (χ1) is 7.63. The van der Waals surface area contributed by atoms with E-state index in [-0.39, 0.29) is 0 Å². The summed E-state index contributed by atoms with van der Waals surface area (Å²) in [7, 11) is 2.27. The predicted molar refractivity (Wildman–Crippen MR) is 71.8 cm³/mol. The van der Waals surface area contributed by atoms with Gasteiger partial charge in [0.2, 0.25) is 0 Å². The fourth-order valence-electron chi connectivity index (χ4n) is 2.71. The van der Waals surface area contributed by atoms with E-state index in [1.54, 1.807) is 0 Å². The third kappa shape index (κ3) is 4.84. The van der Waals surface area contributed by atoms with Gasteiger partial charge in [-0.25, -0.2) is 0 Å². The highest BCUT2D eigenvalue weighted by molar-refractivity contribution is 4.78. The van der Waals surface area contributed by atoms with Gasteiger partial charge in [0.15, 0.2) is 0 Å². The van der Waals surface area contributed by atoms with Crippen LogP contribution in [0.25, 0.3) is 0 Å². The van der Waals surface area contributed by atoms with Crippen molar-refractivity contribution in [3.63, 3.8) is 0 Å². The molecule has 2 nitrogen and oxygen atoms in total. The van der Waals surface area contributed by atoms with Crippen LogP contribution in [0.15, 0.2) is 0 Å². The van der Waals surface area contributed by atoms with Crippen molar-refractivity contribution < 1.29 is 0 Å². The highest BCUT2D eigenvalue weighted by Crippen LogP contribution is 2.28. The van der Waals surface area contributed by atoms with Gasteiger partial charge in [0.25, 0.3) is 0 Å². The summed E-state index contributed by atoms with van der Waals surface area (Å²) in [4.78, 5) is 2.52. The monoisotopic (exact) mass is 226 g/mol. The van der Waals surface area contributed by atoms with Gasteiger partial charge in [0.05, 0.1) is 0 Å². The standard InChI is InChI=1S/C14H30N2/c1-5-16(4)14-8-6-13(7-9-14)10-11-15-12(2)3/h12-15H,5-11H2,1-4H3/t13-,14-. The number of rotatable bonds is 6. The summed E-state index contributed by atoms with van der Waals surface area (Å²) >= 11 is 0. The quantitative estimate of drug-likeness (QED) is 0.749. The van der Waals surface area contributed by atoms with Crippen molar-refractivity contribution in [2.45, 2.75) is 65.0 Å². The second kappa shape index (κ2) is 7.29. The molecule has 0 aromatic carbocycles. The van der Waals surface area contributed by atoms with Crippen LogP contribution in [-0.2, 0) is 0 Å². The van der Waals surface area contributed by atoms with E-state index >= 15 is 0 Å². The van der Waals surface area contributed by atoms with Crippen molar-refractivity contribution in [1.82, 2.24) is 10.2 Å². The van der Waals surface area contributed by atoms with Gasteiger partial charge in [0, 0.05) is 12.1 Å². The Morgan fingerprint density at radius 3 is 2.31 bits per heavy atom. The number of nitrogens with one attached hydrogen (secondary N) is 1. The second-order valence-electron chi connectivity index (χ2n) is 5.65. The molecule has 0 heterocycles. The molecule has 0 saturated heterocycles. The molecule has 0 bridgehead atoms. The molecule has 1 fully saturated rings. The Balaban J connectivity index is 2.12. The van der Waals surface area contributed by atoms with Crippen molar-refractivity contribution >= 4 is 0 Å². The molecule has 1 rings (SSSR count). The highest BCUT2D eigenvalue weighted by Gasteiger charge is 2.22. The average molecular weight is 226 g/mol. The van der Waals surface area contributed by atoms with Crippen LogP contribution >= 0.6 is 0 Å². The van der Waals surface area contributed by atoms with E-state index in [9.17, 15) is 0 Å². The summed E-state index contributed by atoms with van der Waals surface area (Å²) < 4.78 is 0. The smallest absolute Gasteiger partial charge is 0.00923 e. The molecule has 1 aliphatic carbocycles. The second-order valence-corrected chi connectivity index (χ2v) is 5.65. The maximum absolute atomic E-state index is 3.53. The van der Waals surface area contributed by atoms with Crippen molar-refractivity contribution in [3.8, 4) is 0 Å². The summed E-state index contributed by atoms with van der Waals surface area (Å²) in [5.41, 5.74) is 0. The summed E-state index contributed by atoms with van der Waals surface area (Å²) in [5.74, 6) is 0.979. The predicted octanol–water partition coefficient (Wildman–Crippen LogP) is 2.89. The van der Waals surface area contributed by atoms with E-state index in [4.69, 9.17) is 0 Å². The zero-order chi connectivity index (χ0) is 12.0. The van der Waals surface area contributed by atoms with Gasteiger partial charge in [-0.1, -0.05) is 20.8 Å². The minimum atomic E-state index is 0.641. The summed E-state index contributed by atoms with van der Waals surface area (Å²) in [6.07, 6.45) is 7.08. The molecular formula is C14H30N2. The van der Waals surface area contributed by atoms with Gasteiger partial charge in [-0.2, -0.15) is 0 Å². The van der Waals surface area contributed by atoms with E-state index < -0.39 is 0 Å². The van der Waals surface area contributed by atoms with Gasteiger partial charge in [-0.15, -0.1) is 0 Å². The molecule has 96 valence electrons. The maximum Gasteiger partial charge on any atom is 0.00923 e. The van der Waals surface area contributed by atoms with Crippen LogP contribution in [-0.4, -0.2) is 37.1 Å². The minimum absolute atomic E-state index is 0.641. The molecule has 1 aliphatic rings. The zero-order valence-corrected chi connectivity index (χ0v) is 11.6. The lowest BCUT2D eigenvalue weighted by Crippen LogP contribution is -2.35. The molecule has 0 aliphatic heterocycles. The van der Waals surface area contributed by atoms with Crippen LogP contribution in [0.5, 0.6) is 0 Å². The maximum atomic E-state index is 3.53. The van der Waals surface area contributed by atoms with Gasteiger partial charge in [-0.05, 0) is 58.2 Å². The van der Waals surface area contributed by atoms with Crippen LogP contribution in [0, 0.1) is 5.92 Å². The summed E-state index contributed by atoms with van der Waals surface area (Å²) in [6.45, 7) is 9.12. The Kier molecular flexibility index (Phi) is 6.37. The third-order valence-corrected chi connectivity index (χ3v) is 4.04. The molecule has 0 unspecified atom stereocenters. The average Bonchev–Trinajstić information content (AvgIpc) is 2.28. The largest absolute Gasteiger partial charge is 0.315 e. The van der Waals surface area contributed by atoms with Crippen molar-refractivity contribution in [2.24, 2.45) is 5.92 Å². The van der Waals surface area contributed by atoms with Gasteiger partial charge < -0.3 is 10.2 Å². The number of hydrogen-bond donors (Lipinski definition) is 1. The SMILES string of the molecule is CCN(C)[C@H]1CC[C@H](CCNC(C)C)CC1. The van der Waals surface area contributed by atoms with Crippen molar-refractivity contribution in [3.05, 3.63) is 0 Å². The Bertz CT molecular complexity index is 172. The Morgan fingerprint density at radius 2 is 1.81 bits per heavy atom. The fraction of sp³-hybridized carbons (Fsp3) is 1.00. The van der Waals surface area contributed by atoms with E-state index in [2.05, 4.69) is 38.0 Å². The Morgan fingerprint density at radius 1 is 1.19 bits per heavy atom. The lowest BCUT2D eigenvalue weighted by atomic mass is 9.83. The van der Waals surface area contributed by atoms with Gasteiger partial charge in [0.1, 0.15) is 0 Å². The Hall–Kier alpha value is -0.0800. The molecule has 1 saturated carbocycles. The number of nitrogens with zero attached hydrogens (tertiary/aromatic N) is 1. The van der Waals surface area contributed by atoms with E-state index in [1.807, 2.05) is 0 Å².